The minimum atomic E-state index is 0.645. The first-order valence-corrected chi connectivity index (χ1v) is 7.43. The fraction of sp³-hybridized carbons (Fsp3) is 0.105. The van der Waals surface area contributed by atoms with E-state index in [0.29, 0.717) is 5.89 Å². The standard InChI is InChI=1S/C19H16N2O/c1-2-12-10-14(20)11-17-18(12)22-19(21-17)16-9-5-7-13-6-3-4-8-15(13)16/h3-11H,2,20H2,1H3. The topological polar surface area (TPSA) is 52.0 Å². The van der Waals surface area contributed by atoms with Crippen LogP contribution in [0.1, 0.15) is 12.5 Å². The van der Waals surface area contributed by atoms with Gasteiger partial charge in [0, 0.05) is 11.3 Å². The Hall–Kier alpha value is -2.81. The highest BCUT2D eigenvalue weighted by molar-refractivity contribution is 5.96. The summed E-state index contributed by atoms with van der Waals surface area (Å²) in [4.78, 5) is 4.66. The van der Waals surface area contributed by atoms with E-state index in [4.69, 9.17) is 10.2 Å². The smallest absolute Gasteiger partial charge is 0.227 e. The molecule has 0 aliphatic carbocycles. The van der Waals surface area contributed by atoms with Crippen molar-refractivity contribution in [2.75, 3.05) is 5.73 Å². The number of hydrogen-bond acceptors (Lipinski definition) is 3. The normalized spacial score (nSPS) is 11.3. The fourth-order valence-corrected chi connectivity index (χ4v) is 2.92. The number of aromatic nitrogens is 1. The highest BCUT2D eigenvalue weighted by Gasteiger charge is 2.13. The number of fused-ring (bicyclic) bond motifs is 2. The lowest BCUT2D eigenvalue weighted by Gasteiger charge is -2.02. The third-order valence-corrected chi connectivity index (χ3v) is 3.99. The Morgan fingerprint density at radius 1 is 1.05 bits per heavy atom. The second-order valence-electron chi connectivity index (χ2n) is 5.43. The molecule has 0 atom stereocenters. The second kappa shape index (κ2) is 4.88. The van der Waals surface area contributed by atoms with E-state index < -0.39 is 0 Å². The maximum absolute atomic E-state index is 6.07. The van der Waals surface area contributed by atoms with Crippen LogP contribution in [0.4, 0.5) is 5.69 Å². The Kier molecular flexibility index (Phi) is 2.86. The van der Waals surface area contributed by atoms with Crippen LogP contribution < -0.4 is 5.73 Å². The van der Waals surface area contributed by atoms with Crippen LogP contribution in [0.3, 0.4) is 0 Å². The molecule has 4 rings (SSSR count). The third-order valence-electron chi connectivity index (χ3n) is 3.99. The number of oxazole rings is 1. The summed E-state index contributed by atoms with van der Waals surface area (Å²) in [6.07, 6.45) is 0.867. The molecule has 22 heavy (non-hydrogen) atoms. The van der Waals surface area contributed by atoms with E-state index in [0.717, 1.165) is 39.7 Å². The van der Waals surface area contributed by atoms with Crippen LogP contribution in [0.15, 0.2) is 59.0 Å². The molecule has 0 amide bonds. The van der Waals surface area contributed by atoms with E-state index in [1.165, 1.54) is 5.39 Å². The van der Waals surface area contributed by atoms with E-state index in [2.05, 4.69) is 30.1 Å². The minimum absolute atomic E-state index is 0.645. The number of nitrogens with two attached hydrogens (primary N) is 1. The minimum Gasteiger partial charge on any atom is -0.436 e. The Labute approximate surface area is 128 Å². The van der Waals surface area contributed by atoms with Gasteiger partial charge < -0.3 is 10.2 Å². The molecule has 0 fully saturated rings. The van der Waals surface area contributed by atoms with E-state index >= 15 is 0 Å². The van der Waals surface area contributed by atoms with Gasteiger partial charge in [-0.1, -0.05) is 43.3 Å². The Bertz CT molecular complexity index is 980. The highest BCUT2D eigenvalue weighted by atomic mass is 16.3. The molecule has 0 spiro atoms. The zero-order valence-electron chi connectivity index (χ0n) is 12.3. The highest BCUT2D eigenvalue weighted by Crippen LogP contribution is 2.32. The molecule has 1 heterocycles. The summed E-state index contributed by atoms with van der Waals surface area (Å²) in [5.41, 5.74) is 10.4. The summed E-state index contributed by atoms with van der Waals surface area (Å²) in [5, 5.41) is 2.32. The summed E-state index contributed by atoms with van der Waals surface area (Å²) in [6.45, 7) is 2.09. The molecule has 3 aromatic carbocycles. The first kappa shape index (κ1) is 12.9. The molecule has 108 valence electrons. The predicted octanol–water partition coefficient (Wildman–Crippen LogP) is 4.79. The first-order valence-electron chi connectivity index (χ1n) is 7.43. The van der Waals surface area contributed by atoms with Gasteiger partial charge in [0.25, 0.3) is 0 Å². The van der Waals surface area contributed by atoms with Crippen LogP contribution in [0, 0.1) is 0 Å². The zero-order chi connectivity index (χ0) is 15.1. The predicted molar refractivity (Wildman–Crippen MR) is 90.7 cm³/mol. The van der Waals surface area contributed by atoms with Crippen LogP contribution in [0.2, 0.25) is 0 Å². The van der Waals surface area contributed by atoms with Crippen molar-refractivity contribution in [1.82, 2.24) is 4.98 Å². The number of nitrogens with zero attached hydrogens (tertiary/aromatic N) is 1. The van der Waals surface area contributed by atoms with Crippen molar-refractivity contribution >= 4 is 27.6 Å². The summed E-state index contributed by atoms with van der Waals surface area (Å²) < 4.78 is 6.07. The quantitative estimate of drug-likeness (QED) is 0.539. The first-order chi connectivity index (χ1) is 10.8. The van der Waals surface area contributed by atoms with Crippen molar-refractivity contribution in [2.24, 2.45) is 0 Å². The van der Waals surface area contributed by atoms with E-state index in [-0.39, 0.29) is 0 Å². The molecule has 2 N–H and O–H groups in total. The van der Waals surface area contributed by atoms with Crippen molar-refractivity contribution in [1.29, 1.82) is 0 Å². The van der Waals surface area contributed by atoms with E-state index in [9.17, 15) is 0 Å². The summed E-state index contributed by atoms with van der Waals surface area (Å²) in [7, 11) is 0. The van der Waals surface area contributed by atoms with Gasteiger partial charge in [0.15, 0.2) is 5.58 Å². The van der Waals surface area contributed by atoms with Gasteiger partial charge in [-0.05, 0) is 41.0 Å². The van der Waals surface area contributed by atoms with Crippen molar-refractivity contribution in [3.8, 4) is 11.5 Å². The molecule has 4 aromatic rings. The number of rotatable bonds is 2. The van der Waals surface area contributed by atoms with Gasteiger partial charge in [0.1, 0.15) is 5.52 Å². The van der Waals surface area contributed by atoms with Gasteiger partial charge >= 0.3 is 0 Å². The number of nitrogen functional groups attached to an aromatic ring is 1. The second-order valence-corrected chi connectivity index (χ2v) is 5.43. The molecular formula is C19H16N2O. The lowest BCUT2D eigenvalue weighted by Crippen LogP contribution is -1.88. The van der Waals surface area contributed by atoms with E-state index in [1.807, 2.05) is 36.4 Å². The molecule has 0 unspecified atom stereocenters. The van der Waals surface area contributed by atoms with Gasteiger partial charge in [0.05, 0.1) is 0 Å². The number of anilines is 1. The molecule has 0 bridgehead atoms. The summed E-state index contributed by atoms with van der Waals surface area (Å²) >= 11 is 0. The molecule has 3 heteroatoms. The number of benzene rings is 3. The van der Waals surface area contributed by atoms with E-state index in [1.54, 1.807) is 0 Å². The number of aryl methyl sites for hydroxylation is 1. The Morgan fingerprint density at radius 2 is 1.86 bits per heavy atom. The molecule has 0 aliphatic heterocycles. The van der Waals surface area contributed by atoms with Crippen LogP contribution in [-0.2, 0) is 6.42 Å². The molecule has 0 radical (unpaired) electrons. The molecule has 0 saturated carbocycles. The molecule has 1 aromatic heterocycles. The van der Waals surface area contributed by atoms with Crippen LogP contribution in [0.25, 0.3) is 33.3 Å². The Morgan fingerprint density at radius 3 is 2.73 bits per heavy atom. The SMILES string of the molecule is CCc1cc(N)cc2nc(-c3cccc4ccccc34)oc12. The third kappa shape index (κ3) is 1.94. The molecular weight excluding hydrogens is 272 g/mol. The van der Waals surface area contributed by atoms with Gasteiger partial charge in [-0.15, -0.1) is 0 Å². The van der Waals surface area contributed by atoms with Gasteiger partial charge in [-0.3, -0.25) is 0 Å². The average molecular weight is 288 g/mol. The van der Waals surface area contributed by atoms with Crippen LogP contribution in [-0.4, -0.2) is 4.98 Å². The molecule has 0 aliphatic rings. The van der Waals surface area contributed by atoms with Gasteiger partial charge in [-0.2, -0.15) is 0 Å². The summed E-state index contributed by atoms with van der Waals surface area (Å²) in [6, 6.07) is 18.2. The van der Waals surface area contributed by atoms with Crippen molar-refractivity contribution in [3.05, 3.63) is 60.2 Å². The van der Waals surface area contributed by atoms with Gasteiger partial charge in [0.2, 0.25) is 5.89 Å². The van der Waals surface area contributed by atoms with Crippen molar-refractivity contribution in [2.45, 2.75) is 13.3 Å². The lowest BCUT2D eigenvalue weighted by atomic mass is 10.0. The fourth-order valence-electron chi connectivity index (χ4n) is 2.92. The summed E-state index contributed by atoms with van der Waals surface area (Å²) in [5.74, 6) is 0.645. The lowest BCUT2D eigenvalue weighted by molar-refractivity contribution is 0.616. The molecule has 0 saturated heterocycles. The largest absolute Gasteiger partial charge is 0.436 e. The van der Waals surface area contributed by atoms with Crippen molar-refractivity contribution in [3.63, 3.8) is 0 Å². The average Bonchev–Trinajstić information content (AvgIpc) is 2.97. The maximum Gasteiger partial charge on any atom is 0.227 e. The Balaban J connectivity index is 2.01. The van der Waals surface area contributed by atoms with Crippen LogP contribution >= 0.6 is 0 Å². The monoisotopic (exact) mass is 288 g/mol. The zero-order valence-corrected chi connectivity index (χ0v) is 12.3. The van der Waals surface area contributed by atoms with Crippen LogP contribution in [0.5, 0.6) is 0 Å². The molecule has 3 nitrogen and oxygen atoms in total. The number of hydrogen-bond donors (Lipinski definition) is 1. The maximum atomic E-state index is 6.07. The van der Waals surface area contributed by atoms with Gasteiger partial charge in [-0.25, -0.2) is 4.98 Å². The van der Waals surface area contributed by atoms with Crippen molar-refractivity contribution < 1.29 is 4.42 Å².